The molecule has 0 saturated heterocycles. The maximum absolute atomic E-state index is 13.6. The number of thioether (sulfide) groups is 1. The van der Waals surface area contributed by atoms with Gasteiger partial charge in [0.15, 0.2) is 0 Å². The van der Waals surface area contributed by atoms with Crippen LogP contribution in [0, 0.1) is 5.82 Å². The van der Waals surface area contributed by atoms with Crippen molar-refractivity contribution in [2.75, 3.05) is 5.32 Å². The Labute approximate surface area is 123 Å². The Balaban J connectivity index is 2.02. The first-order chi connectivity index (χ1) is 9.47. The summed E-state index contributed by atoms with van der Waals surface area (Å²) in [7, 11) is 1.67. The highest BCUT2D eigenvalue weighted by atomic mass is 35.5. The molecule has 0 spiro atoms. The van der Waals surface area contributed by atoms with Gasteiger partial charge in [-0.1, -0.05) is 23.4 Å². The summed E-state index contributed by atoms with van der Waals surface area (Å²) in [6.45, 7) is 1.68. The first-order valence-corrected chi connectivity index (χ1v) is 6.88. The number of carbonyl (C=O) groups excluding carboxylic acids is 1. The number of halogens is 2. The van der Waals surface area contributed by atoms with Crippen molar-refractivity contribution >= 4 is 35.0 Å². The lowest BCUT2D eigenvalue weighted by atomic mass is 10.3. The summed E-state index contributed by atoms with van der Waals surface area (Å²) < 4.78 is 15.0. The van der Waals surface area contributed by atoms with Crippen LogP contribution in [0.15, 0.2) is 23.4 Å². The van der Waals surface area contributed by atoms with Crippen LogP contribution in [0.4, 0.5) is 10.1 Å². The van der Waals surface area contributed by atoms with Gasteiger partial charge in [0.1, 0.15) is 5.82 Å². The van der Waals surface area contributed by atoms with E-state index in [-0.39, 0.29) is 16.6 Å². The van der Waals surface area contributed by atoms with Gasteiger partial charge in [-0.2, -0.15) is 0 Å². The Kier molecular flexibility index (Phi) is 4.56. The maximum atomic E-state index is 13.6. The van der Waals surface area contributed by atoms with Crippen LogP contribution >= 0.6 is 23.4 Å². The highest BCUT2D eigenvalue weighted by Crippen LogP contribution is 2.23. The minimum atomic E-state index is -0.580. The lowest BCUT2D eigenvalue weighted by Gasteiger charge is -2.11. The third-order valence-corrected chi connectivity index (χ3v) is 3.78. The molecule has 0 saturated carbocycles. The Morgan fingerprint density at radius 1 is 1.55 bits per heavy atom. The van der Waals surface area contributed by atoms with Crippen LogP contribution in [0.2, 0.25) is 5.02 Å². The number of hydrogen-bond donors (Lipinski definition) is 1. The molecule has 0 aliphatic heterocycles. The molecule has 0 bridgehead atoms. The molecule has 6 nitrogen and oxygen atoms in total. The highest BCUT2D eigenvalue weighted by Gasteiger charge is 2.18. The third kappa shape index (κ3) is 3.45. The van der Waals surface area contributed by atoms with Crippen LogP contribution in [0.5, 0.6) is 0 Å². The lowest BCUT2D eigenvalue weighted by Crippen LogP contribution is -2.23. The van der Waals surface area contributed by atoms with Gasteiger partial charge in [-0.3, -0.25) is 4.79 Å². The standard InChI is InChI=1S/C11H11ClFN5OS/c1-6(20-11-15-16-17-18(11)2)10(19)14-9-4-3-7(12)5-8(9)13/h3-6H,1-2H3,(H,14,19)/t6-/m1/s1. The average molecular weight is 316 g/mol. The molecule has 1 N–H and O–H groups in total. The van der Waals surface area contributed by atoms with Gasteiger partial charge in [0, 0.05) is 12.1 Å². The minimum Gasteiger partial charge on any atom is -0.323 e. The first kappa shape index (κ1) is 14.7. The second-order valence-corrected chi connectivity index (χ2v) is 5.70. The molecule has 9 heteroatoms. The van der Waals surface area contributed by atoms with Gasteiger partial charge in [-0.25, -0.2) is 9.07 Å². The fourth-order valence-electron chi connectivity index (χ4n) is 1.36. The van der Waals surface area contributed by atoms with Crippen LogP contribution in [0.3, 0.4) is 0 Å². The average Bonchev–Trinajstić information content (AvgIpc) is 2.78. The van der Waals surface area contributed by atoms with Crippen LogP contribution < -0.4 is 5.32 Å². The second-order valence-electron chi connectivity index (χ2n) is 3.96. The van der Waals surface area contributed by atoms with Crippen molar-refractivity contribution in [3.63, 3.8) is 0 Å². The zero-order valence-corrected chi connectivity index (χ0v) is 12.2. The SMILES string of the molecule is C[C@@H](Sc1nnnn1C)C(=O)Nc1ccc(Cl)cc1F. The molecule has 1 atom stereocenters. The Morgan fingerprint density at radius 2 is 2.30 bits per heavy atom. The zero-order valence-electron chi connectivity index (χ0n) is 10.7. The minimum absolute atomic E-state index is 0.0861. The fourth-order valence-corrected chi connectivity index (χ4v) is 2.27. The predicted molar refractivity (Wildman–Crippen MR) is 74.2 cm³/mol. The highest BCUT2D eigenvalue weighted by molar-refractivity contribution is 8.00. The molecule has 1 aromatic heterocycles. The molecule has 2 aromatic rings. The quantitative estimate of drug-likeness (QED) is 0.875. The van der Waals surface area contributed by atoms with Crippen molar-refractivity contribution in [2.24, 2.45) is 7.05 Å². The van der Waals surface area contributed by atoms with E-state index in [0.29, 0.717) is 5.16 Å². The fraction of sp³-hybridized carbons (Fsp3) is 0.273. The molecule has 0 fully saturated rings. The van der Waals surface area contributed by atoms with E-state index in [1.54, 1.807) is 14.0 Å². The normalized spacial score (nSPS) is 12.2. The largest absolute Gasteiger partial charge is 0.323 e. The van der Waals surface area contributed by atoms with E-state index >= 15 is 0 Å². The number of carbonyl (C=O) groups is 1. The van der Waals surface area contributed by atoms with Crippen molar-refractivity contribution in [1.82, 2.24) is 20.2 Å². The molecule has 0 aliphatic carbocycles. The third-order valence-electron chi connectivity index (χ3n) is 2.42. The van der Waals surface area contributed by atoms with Crippen LogP contribution in [0.1, 0.15) is 6.92 Å². The number of aryl methyl sites for hydroxylation is 1. The van der Waals surface area contributed by atoms with E-state index in [9.17, 15) is 9.18 Å². The van der Waals surface area contributed by atoms with Gasteiger partial charge in [-0.05, 0) is 35.5 Å². The monoisotopic (exact) mass is 315 g/mol. The smallest absolute Gasteiger partial charge is 0.237 e. The number of amides is 1. The van der Waals surface area contributed by atoms with Crippen molar-refractivity contribution < 1.29 is 9.18 Å². The number of hydrogen-bond acceptors (Lipinski definition) is 5. The Bertz CT molecular complexity index is 635. The number of nitrogens with one attached hydrogen (secondary N) is 1. The topological polar surface area (TPSA) is 72.7 Å². The van der Waals surface area contributed by atoms with E-state index in [2.05, 4.69) is 20.8 Å². The molecular formula is C11H11ClFN5OS. The summed E-state index contributed by atoms with van der Waals surface area (Å²) in [6, 6.07) is 4.06. The number of benzene rings is 1. The number of rotatable bonds is 4. The van der Waals surface area contributed by atoms with Crippen molar-refractivity contribution in [1.29, 1.82) is 0 Å². The Morgan fingerprint density at radius 3 is 2.90 bits per heavy atom. The molecule has 1 amide bonds. The Hall–Kier alpha value is -1.67. The molecule has 2 rings (SSSR count). The summed E-state index contributed by atoms with van der Waals surface area (Å²) in [5.41, 5.74) is 0.0861. The molecular weight excluding hydrogens is 305 g/mol. The predicted octanol–water partition coefficient (Wildman–Crippen LogP) is 2.12. The zero-order chi connectivity index (χ0) is 14.7. The first-order valence-electron chi connectivity index (χ1n) is 5.62. The summed E-state index contributed by atoms with van der Waals surface area (Å²) in [4.78, 5) is 12.0. The van der Waals surface area contributed by atoms with E-state index in [4.69, 9.17) is 11.6 Å². The number of aromatic nitrogens is 4. The van der Waals surface area contributed by atoms with Gasteiger partial charge in [0.25, 0.3) is 0 Å². The summed E-state index contributed by atoms with van der Waals surface area (Å²) in [5, 5.41) is 13.7. The van der Waals surface area contributed by atoms with Crippen LogP contribution in [0.25, 0.3) is 0 Å². The molecule has 0 aliphatic rings. The summed E-state index contributed by atoms with van der Waals surface area (Å²) in [6.07, 6.45) is 0. The van der Waals surface area contributed by atoms with Gasteiger partial charge in [0.2, 0.25) is 11.1 Å². The molecule has 0 radical (unpaired) electrons. The molecule has 106 valence electrons. The number of nitrogens with zero attached hydrogens (tertiary/aromatic N) is 4. The second kappa shape index (κ2) is 6.19. The van der Waals surface area contributed by atoms with E-state index < -0.39 is 11.1 Å². The van der Waals surface area contributed by atoms with Gasteiger partial charge >= 0.3 is 0 Å². The summed E-state index contributed by atoms with van der Waals surface area (Å²) in [5.74, 6) is -0.928. The molecule has 1 aromatic carbocycles. The lowest BCUT2D eigenvalue weighted by molar-refractivity contribution is -0.115. The van der Waals surface area contributed by atoms with Gasteiger partial charge in [0.05, 0.1) is 10.9 Å². The number of anilines is 1. The van der Waals surface area contributed by atoms with E-state index in [1.807, 2.05) is 0 Å². The van der Waals surface area contributed by atoms with Crippen molar-refractivity contribution in [3.8, 4) is 0 Å². The summed E-state index contributed by atoms with van der Waals surface area (Å²) >= 11 is 6.83. The van der Waals surface area contributed by atoms with Crippen LogP contribution in [-0.2, 0) is 11.8 Å². The maximum Gasteiger partial charge on any atom is 0.237 e. The molecule has 20 heavy (non-hydrogen) atoms. The van der Waals surface area contributed by atoms with Crippen molar-refractivity contribution in [2.45, 2.75) is 17.3 Å². The van der Waals surface area contributed by atoms with E-state index in [1.165, 1.54) is 28.6 Å². The van der Waals surface area contributed by atoms with Gasteiger partial charge in [-0.15, -0.1) is 5.10 Å². The number of tetrazole rings is 1. The molecule has 0 unspecified atom stereocenters. The van der Waals surface area contributed by atoms with Gasteiger partial charge < -0.3 is 5.32 Å². The molecule has 1 heterocycles. The van der Waals surface area contributed by atoms with E-state index in [0.717, 1.165) is 6.07 Å². The van der Waals surface area contributed by atoms with Crippen molar-refractivity contribution in [3.05, 3.63) is 29.0 Å². The van der Waals surface area contributed by atoms with Crippen LogP contribution in [-0.4, -0.2) is 31.4 Å².